The average molecular weight is 422 g/mol. The first-order chi connectivity index (χ1) is 12.6. The third kappa shape index (κ3) is 5.21. The highest BCUT2D eigenvalue weighted by Gasteiger charge is 2.36. The molecule has 0 unspecified atom stereocenters. The molecule has 2 aromatic rings. The van der Waals surface area contributed by atoms with E-state index in [9.17, 15) is 26.4 Å². The molecule has 0 radical (unpaired) electrons. The van der Waals surface area contributed by atoms with E-state index in [4.69, 9.17) is 11.6 Å². The van der Waals surface area contributed by atoms with Crippen LogP contribution < -0.4 is 0 Å². The number of carbonyl (C=O) groups excluding carboxylic acids is 1. The molecule has 0 heterocycles. The minimum atomic E-state index is -4.82. The van der Waals surface area contributed by atoms with Gasteiger partial charge in [-0.1, -0.05) is 41.9 Å². The van der Waals surface area contributed by atoms with Gasteiger partial charge in [-0.15, -0.1) is 0 Å². The van der Waals surface area contributed by atoms with Crippen LogP contribution in [-0.2, 0) is 32.3 Å². The summed E-state index contributed by atoms with van der Waals surface area (Å²) >= 11 is 5.54. The summed E-state index contributed by atoms with van der Waals surface area (Å²) in [5.41, 5.74) is -0.724. The van der Waals surface area contributed by atoms with Gasteiger partial charge in [-0.3, -0.25) is 4.79 Å². The Morgan fingerprint density at radius 1 is 1.15 bits per heavy atom. The molecule has 0 aliphatic heterocycles. The molecule has 0 atom stereocenters. The minimum Gasteiger partial charge on any atom is -0.468 e. The number of rotatable bonds is 6. The summed E-state index contributed by atoms with van der Waals surface area (Å²) in [7, 11) is -3.35. The van der Waals surface area contributed by atoms with E-state index in [-0.39, 0.29) is 6.54 Å². The van der Waals surface area contributed by atoms with Crippen LogP contribution in [0.2, 0.25) is 5.02 Å². The summed E-state index contributed by atoms with van der Waals surface area (Å²) in [6.07, 6.45) is -4.82. The lowest BCUT2D eigenvalue weighted by Gasteiger charge is -2.22. The van der Waals surface area contributed by atoms with E-state index in [1.807, 2.05) is 0 Å². The Bertz CT molecular complexity index is 918. The number of sulfonamides is 1. The fourth-order valence-electron chi connectivity index (χ4n) is 2.25. The Morgan fingerprint density at radius 3 is 2.33 bits per heavy atom. The fourth-order valence-corrected chi connectivity index (χ4v) is 3.88. The summed E-state index contributed by atoms with van der Waals surface area (Å²) in [5.74, 6) is -0.848. The standard InChI is InChI=1S/C17H15ClF3NO4S/c1-26-16(23)11-22(10-12-5-3-2-4-6-12)27(24,25)13-7-8-15(18)14(9-13)17(19,20)21/h2-9H,10-11H2,1H3. The lowest BCUT2D eigenvalue weighted by Crippen LogP contribution is -2.36. The molecule has 5 nitrogen and oxygen atoms in total. The number of carbonyl (C=O) groups is 1. The van der Waals surface area contributed by atoms with Gasteiger partial charge in [0.2, 0.25) is 10.0 Å². The number of ether oxygens (including phenoxy) is 1. The molecule has 2 aromatic carbocycles. The van der Waals surface area contributed by atoms with Crippen molar-refractivity contribution in [1.82, 2.24) is 4.31 Å². The molecule has 10 heteroatoms. The van der Waals surface area contributed by atoms with E-state index in [0.29, 0.717) is 11.6 Å². The molecule has 0 N–H and O–H groups in total. The first kappa shape index (κ1) is 21.2. The van der Waals surface area contributed by atoms with Crippen LogP contribution in [0, 0.1) is 0 Å². The molecule has 27 heavy (non-hydrogen) atoms. The highest BCUT2D eigenvalue weighted by Crippen LogP contribution is 2.36. The Kier molecular flexibility index (Phi) is 6.50. The van der Waals surface area contributed by atoms with Gasteiger partial charge in [0.05, 0.1) is 22.6 Å². The van der Waals surface area contributed by atoms with Crippen molar-refractivity contribution in [3.8, 4) is 0 Å². The number of nitrogens with zero attached hydrogens (tertiary/aromatic N) is 1. The Morgan fingerprint density at radius 2 is 1.78 bits per heavy atom. The van der Waals surface area contributed by atoms with E-state index in [2.05, 4.69) is 4.74 Å². The van der Waals surface area contributed by atoms with Gasteiger partial charge in [0.1, 0.15) is 6.54 Å². The third-order valence-corrected chi connectivity index (χ3v) is 5.73. The Balaban J connectivity index is 2.48. The zero-order chi connectivity index (χ0) is 20.2. The molecular formula is C17H15ClF3NO4S. The highest BCUT2D eigenvalue weighted by molar-refractivity contribution is 7.89. The highest BCUT2D eigenvalue weighted by atomic mass is 35.5. The van der Waals surface area contributed by atoms with E-state index in [0.717, 1.165) is 23.5 Å². The van der Waals surface area contributed by atoms with Gasteiger partial charge in [-0.25, -0.2) is 8.42 Å². The van der Waals surface area contributed by atoms with Crippen LogP contribution in [0.1, 0.15) is 11.1 Å². The number of alkyl halides is 3. The maximum absolute atomic E-state index is 13.1. The second-order valence-electron chi connectivity index (χ2n) is 5.47. The molecule has 146 valence electrons. The number of hydrogen-bond donors (Lipinski definition) is 0. The van der Waals surface area contributed by atoms with Crippen molar-refractivity contribution in [2.24, 2.45) is 0 Å². The molecule has 2 rings (SSSR count). The molecule has 0 aromatic heterocycles. The van der Waals surface area contributed by atoms with E-state index in [1.165, 1.54) is 0 Å². The fraction of sp³-hybridized carbons (Fsp3) is 0.235. The normalized spacial score (nSPS) is 12.2. The summed E-state index contributed by atoms with van der Waals surface area (Å²) in [5, 5.41) is -0.621. The monoisotopic (exact) mass is 421 g/mol. The summed E-state index contributed by atoms with van der Waals surface area (Å²) in [6.45, 7) is -0.875. The van der Waals surface area contributed by atoms with Gasteiger partial charge in [0.25, 0.3) is 0 Å². The predicted molar refractivity (Wildman–Crippen MR) is 92.5 cm³/mol. The molecule has 0 saturated carbocycles. The van der Waals surface area contributed by atoms with Crippen LogP contribution in [-0.4, -0.2) is 32.3 Å². The maximum atomic E-state index is 13.1. The SMILES string of the molecule is COC(=O)CN(Cc1ccccc1)S(=O)(=O)c1ccc(Cl)c(C(F)(F)F)c1. The van der Waals surface area contributed by atoms with Crippen LogP contribution in [0.3, 0.4) is 0 Å². The molecule has 0 saturated heterocycles. The van der Waals surface area contributed by atoms with Gasteiger partial charge in [0.15, 0.2) is 0 Å². The van der Waals surface area contributed by atoms with Gasteiger partial charge in [0, 0.05) is 6.54 Å². The van der Waals surface area contributed by atoms with Crippen LogP contribution in [0.4, 0.5) is 13.2 Å². The van der Waals surface area contributed by atoms with Crippen molar-refractivity contribution in [2.75, 3.05) is 13.7 Å². The van der Waals surface area contributed by atoms with Crippen molar-refractivity contribution >= 4 is 27.6 Å². The summed E-state index contributed by atoms with van der Waals surface area (Å²) in [4.78, 5) is 11.0. The zero-order valence-corrected chi connectivity index (χ0v) is 15.6. The third-order valence-electron chi connectivity index (χ3n) is 3.62. The zero-order valence-electron chi connectivity index (χ0n) is 14.0. The lowest BCUT2D eigenvalue weighted by molar-refractivity contribution is -0.141. The van der Waals surface area contributed by atoms with Gasteiger partial charge >= 0.3 is 12.1 Å². The first-order valence-corrected chi connectivity index (χ1v) is 9.35. The molecule has 0 spiro atoms. The number of halogens is 4. The molecule has 0 bridgehead atoms. The van der Waals surface area contributed by atoms with Crippen molar-refractivity contribution < 1.29 is 31.1 Å². The Hall–Kier alpha value is -2.10. The Labute approximate surface area is 159 Å². The van der Waals surface area contributed by atoms with E-state index >= 15 is 0 Å². The second-order valence-corrected chi connectivity index (χ2v) is 7.82. The molecular weight excluding hydrogens is 407 g/mol. The van der Waals surface area contributed by atoms with Crippen molar-refractivity contribution in [3.05, 3.63) is 64.7 Å². The van der Waals surface area contributed by atoms with Crippen molar-refractivity contribution in [1.29, 1.82) is 0 Å². The second kappa shape index (κ2) is 8.28. The minimum absolute atomic E-state index is 0.220. The predicted octanol–water partition coefficient (Wildman–Crippen LogP) is 3.72. The van der Waals surface area contributed by atoms with E-state index in [1.54, 1.807) is 30.3 Å². The van der Waals surface area contributed by atoms with Crippen molar-refractivity contribution in [2.45, 2.75) is 17.6 Å². The molecule has 0 aliphatic rings. The molecule has 0 aliphatic carbocycles. The number of esters is 1. The average Bonchev–Trinajstić information content (AvgIpc) is 2.61. The van der Waals surface area contributed by atoms with Gasteiger partial charge < -0.3 is 4.74 Å². The molecule has 0 fully saturated rings. The van der Waals surface area contributed by atoms with Crippen LogP contribution in [0.25, 0.3) is 0 Å². The van der Waals surface area contributed by atoms with Gasteiger partial charge in [-0.2, -0.15) is 17.5 Å². The summed E-state index contributed by atoms with van der Waals surface area (Å²) in [6, 6.07) is 10.6. The van der Waals surface area contributed by atoms with Crippen LogP contribution >= 0.6 is 11.6 Å². The van der Waals surface area contributed by atoms with Crippen LogP contribution in [0.5, 0.6) is 0 Å². The quantitative estimate of drug-likeness (QED) is 0.667. The van der Waals surface area contributed by atoms with Crippen LogP contribution in [0.15, 0.2) is 53.4 Å². The largest absolute Gasteiger partial charge is 0.468 e. The molecule has 0 amide bonds. The lowest BCUT2D eigenvalue weighted by atomic mass is 10.2. The van der Waals surface area contributed by atoms with Crippen molar-refractivity contribution in [3.63, 3.8) is 0 Å². The number of hydrogen-bond acceptors (Lipinski definition) is 4. The summed E-state index contributed by atoms with van der Waals surface area (Å²) < 4.78 is 70.2. The number of benzene rings is 2. The first-order valence-electron chi connectivity index (χ1n) is 7.53. The smallest absolute Gasteiger partial charge is 0.417 e. The van der Waals surface area contributed by atoms with Gasteiger partial charge in [-0.05, 0) is 23.8 Å². The number of methoxy groups -OCH3 is 1. The maximum Gasteiger partial charge on any atom is 0.417 e. The topological polar surface area (TPSA) is 63.7 Å². The van der Waals surface area contributed by atoms with E-state index < -0.39 is 44.2 Å².